The van der Waals surface area contributed by atoms with Gasteiger partial charge < -0.3 is 11.1 Å². The fraction of sp³-hybridized carbons (Fsp3) is 0.533. The number of nitrogens with one attached hydrogen (secondary N) is 1. The Morgan fingerprint density at radius 3 is 2.52 bits per heavy atom. The molecule has 0 radical (unpaired) electrons. The summed E-state index contributed by atoms with van der Waals surface area (Å²) >= 11 is 1.19. The lowest BCUT2D eigenvalue weighted by atomic mass is 9.94. The highest BCUT2D eigenvalue weighted by Gasteiger charge is 2.33. The van der Waals surface area contributed by atoms with E-state index >= 15 is 0 Å². The average Bonchev–Trinajstić information content (AvgIpc) is 2.32. The molecule has 21 heavy (non-hydrogen) atoms. The van der Waals surface area contributed by atoms with Gasteiger partial charge in [-0.1, -0.05) is 6.92 Å². The summed E-state index contributed by atoms with van der Waals surface area (Å²) in [6.07, 6.45) is 0.418. The number of amides is 1. The van der Waals surface area contributed by atoms with Crippen molar-refractivity contribution in [3.63, 3.8) is 0 Å². The van der Waals surface area contributed by atoms with Crippen molar-refractivity contribution in [3.8, 4) is 0 Å². The molecule has 0 saturated carbocycles. The van der Waals surface area contributed by atoms with Crippen LogP contribution < -0.4 is 11.1 Å². The number of thioether (sulfide) groups is 1. The van der Waals surface area contributed by atoms with Crippen molar-refractivity contribution in [1.82, 2.24) is 5.32 Å². The van der Waals surface area contributed by atoms with Gasteiger partial charge in [0.05, 0.1) is 5.54 Å². The van der Waals surface area contributed by atoms with Crippen molar-refractivity contribution in [3.05, 3.63) is 29.8 Å². The second-order valence-corrected chi connectivity index (χ2v) is 7.18. The van der Waals surface area contributed by atoms with Crippen LogP contribution >= 0.6 is 11.8 Å². The highest BCUT2D eigenvalue weighted by Crippen LogP contribution is 2.31. The van der Waals surface area contributed by atoms with Crippen molar-refractivity contribution in [2.24, 2.45) is 5.73 Å². The maximum absolute atomic E-state index is 13.6. The van der Waals surface area contributed by atoms with Gasteiger partial charge in [0.15, 0.2) is 0 Å². The van der Waals surface area contributed by atoms with E-state index in [2.05, 4.69) is 5.32 Å². The molecule has 1 aromatic rings. The van der Waals surface area contributed by atoms with Crippen LogP contribution in [-0.4, -0.2) is 22.7 Å². The fourth-order valence-corrected chi connectivity index (χ4v) is 3.48. The zero-order valence-corrected chi connectivity index (χ0v) is 13.6. The first-order valence-electron chi connectivity index (χ1n) is 6.83. The van der Waals surface area contributed by atoms with Gasteiger partial charge in [-0.3, -0.25) is 4.79 Å². The Hall–Kier alpha value is -1.14. The fourth-order valence-electron chi connectivity index (χ4n) is 2.27. The summed E-state index contributed by atoms with van der Waals surface area (Å²) in [5.41, 5.74) is 4.59. The Morgan fingerprint density at radius 1 is 1.38 bits per heavy atom. The second kappa shape index (κ2) is 7.22. The summed E-state index contributed by atoms with van der Waals surface area (Å²) < 4.78 is 26.8. The van der Waals surface area contributed by atoms with E-state index in [9.17, 15) is 13.6 Å². The van der Waals surface area contributed by atoms with Crippen molar-refractivity contribution in [1.29, 1.82) is 0 Å². The Bertz CT molecular complexity index is 510. The topological polar surface area (TPSA) is 55.1 Å². The summed E-state index contributed by atoms with van der Waals surface area (Å²) in [7, 11) is 0. The highest BCUT2D eigenvalue weighted by atomic mass is 32.2. The van der Waals surface area contributed by atoms with Gasteiger partial charge in [-0.05, 0) is 45.4 Å². The largest absolute Gasteiger partial charge is 0.368 e. The number of hydrogen-bond acceptors (Lipinski definition) is 3. The third kappa shape index (κ3) is 5.28. The lowest BCUT2D eigenvalue weighted by molar-refractivity contribution is -0.124. The molecule has 1 aromatic carbocycles. The van der Waals surface area contributed by atoms with Crippen LogP contribution in [0.3, 0.4) is 0 Å². The number of carbonyl (C=O) groups excluding carboxylic acids is 1. The molecule has 0 saturated heterocycles. The molecule has 3 N–H and O–H groups in total. The normalized spacial score (nSPS) is 15.8. The third-order valence-corrected chi connectivity index (χ3v) is 4.20. The Morgan fingerprint density at radius 2 is 2.00 bits per heavy atom. The Labute approximate surface area is 128 Å². The molecule has 0 aliphatic heterocycles. The molecule has 1 rings (SSSR count). The smallest absolute Gasteiger partial charge is 0.237 e. The minimum Gasteiger partial charge on any atom is -0.368 e. The molecule has 0 aliphatic rings. The van der Waals surface area contributed by atoms with Crippen LogP contribution in [0.25, 0.3) is 0 Å². The zero-order valence-electron chi connectivity index (χ0n) is 12.7. The highest BCUT2D eigenvalue weighted by molar-refractivity contribution is 8.00. The van der Waals surface area contributed by atoms with Gasteiger partial charge in [-0.25, -0.2) is 8.78 Å². The van der Waals surface area contributed by atoms with E-state index in [4.69, 9.17) is 5.73 Å². The lowest BCUT2D eigenvalue weighted by Crippen LogP contribution is -2.56. The predicted molar refractivity (Wildman–Crippen MR) is 82.2 cm³/mol. The molecule has 0 fully saturated rings. The Balaban J connectivity index is 2.81. The van der Waals surface area contributed by atoms with Crippen molar-refractivity contribution in [2.75, 3.05) is 0 Å². The number of rotatable bonds is 7. The summed E-state index contributed by atoms with van der Waals surface area (Å²) in [6.45, 7) is 7.43. The van der Waals surface area contributed by atoms with Crippen molar-refractivity contribution in [2.45, 2.75) is 55.8 Å². The van der Waals surface area contributed by atoms with E-state index in [0.717, 1.165) is 18.2 Å². The van der Waals surface area contributed by atoms with Crippen molar-refractivity contribution >= 4 is 17.7 Å². The van der Waals surface area contributed by atoms with Gasteiger partial charge in [0.1, 0.15) is 11.6 Å². The number of nitrogens with two attached hydrogens (primary N) is 1. The molecule has 0 heterocycles. The number of primary amides is 1. The van der Waals surface area contributed by atoms with Crippen LogP contribution in [0.4, 0.5) is 8.78 Å². The van der Waals surface area contributed by atoms with Crippen LogP contribution in [0.5, 0.6) is 0 Å². The number of halogens is 2. The molecule has 2 atom stereocenters. The third-order valence-electron chi connectivity index (χ3n) is 3.07. The predicted octanol–water partition coefficient (Wildman–Crippen LogP) is 3.08. The molecule has 6 heteroatoms. The van der Waals surface area contributed by atoms with E-state index in [0.29, 0.717) is 6.42 Å². The van der Waals surface area contributed by atoms with Gasteiger partial charge in [-0.2, -0.15) is 0 Å². The van der Waals surface area contributed by atoms with Gasteiger partial charge in [0, 0.05) is 16.2 Å². The van der Waals surface area contributed by atoms with Gasteiger partial charge in [0.25, 0.3) is 0 Å². The number of hydrogen-bond donors (Lipinski definition) is 2. The molecular formula is C15H22F2N2OS. The van der Waals surface area contributed by atoms with Crippen LogP contribution in [-0.2, 0) is 4.79 Å². The van der Waals surface area contributed by atoms with E-state index in [-0.39, 0.29) is 16.2 Å². The number of carbonyl (C=O) groups is 1. The molecule has 2 unspecified atom stereocenters. The monoisotopic (exact) mass is 316 g/mol. The minimum absolute atomic E-state index is 0.0885. The summed E-state index contributed by atoms with van der Waals surface area (Å²) in [6, 6.07) is 3.43. The van der Waals surface area contributed by atoms with Crippen LogP contribution in [0.15, 0.2) is 23.1 Å². The summed E-state index contributed by atoms with van der Waals surface area (Å²) in [4.78, 5) is 11.9. The molecule has 0 aliphatic carbocycles. The quantitative estimate of drug-likeness (QED) is 0.760. The minimum atomic E-state index is -0.885. The number of benzene rings is 1. The van der Waals surface area contributed by atoms with E-state index in [1.54, 1.807) is 6.92 Å². The van der Waals surface area contributed by atoms with Crippen LogP contribution in [0.1, 0.15) is 34.1 Å². The lowest BCUT2D eigenvalue weighted by Gasteiger charge is -2.32. The first-order valence-corrected chi connectivity index (χ1v) is 7.71. The molecule has 118 valence electrons. The standard InChI is InChI=1S/C15H22F2N2OS/c1-9(2)19-15(4,14(18)20)8-10(3)21-13-7-11(16)5-6-12(13)17/h5-7,9-10,19H,8H2,1-4H3,(H2,18,20). The van der Waals surface area contributed by atoms with Gasteiger partial charge >= 0.3 is 0 Å². The Kier molecular flexibility index (Phi) is 6.16. The van der Waals surface area contributed by atoms with E-state index in [1.165, 1.54) is 11.8 Å². The average molecular weight is 316 g/mol. The van der Waals surface area contributed by atoms with Crippen molar-refractivity contribution < 1.29 is 13.6 Å². The van der Waals surface area contributed by atoms with Gasteiger partial charge in [0.2, 0.25) is 5.91 Å². The first-order chi connectivity index (χ1) is 9.64. The van der Waals surface area contributed by atoms with Crippen LogP contribution in [0.2, 0.25) is 0 Å². The molecular weight excluding hydrogens is 294 g/mol. The van der Waals surface area contributed by atoms with Gasteiger partial charge in [-0.15, -0.1) is 11.8 Å². The SMILES string of the molecule is CC(C)NC(C)(CC(C)Sc1cc(F)ccc1F)C(N)=O. The molecule has 0 aromatic heterocycles. The molecule has 0 bridgehead atoms. The molecule has 3 nitrogen and oxygen atoms in total. The second-order valence-electron chi connectivity index (χ2n) is 5.70. The maximum Gasteiger partial charge on any atom is 0.237 e. The summed E-state index contributed by atoms with van der Waals surface area (Å²) in [5.74, 6) is -1.40. The van der Waals surface area contributed by atoms with E-state index in [1.807, 2.05) is 20.8 Å². The van der Waals surface area contributed by atoms with E-state index < -0.39 is 23.1 Å². The molecule has 0 spiro atoms. The summed E-state index contributed by atoms with van der Waals surface area (Å²) in [5, 5.41) is 3.04. The first kappa shape index (κ1) is 17.9. The maximum atomic E-state index is 13.6. The molecule has 1 amide bonds. The zero-order chi connectivity index (χ0) is 16.2. The van der Waals surface area contributed by atoms with Crippen LogP contribution in [0, 0.1) is 11.6 Å².